The van der Waals surface area contributed by atoms with Gasteiger partial charge in [0.25, 0.3) is 0 Å². The van der Waals surface area contributed by atoms with Crippen LogP contribution in [-0.4, -0.2) is 23.2 Å². The first-order valence-electron chi connectivity index (χ1n) is 4.84. The molecule has 1 aliphatic heterocycles. The standard InChI is InChI=1S/C10H10BrFN2OS/c11-7-3-13-9(2-8(7)12)14-4-6(5-16)1-10(14)15/h2-3,6,16H,1,4-5H2. The zero-order valence-corrected chi connectivity index (χ0v) is 10.8. The van der Waals surface area contributed by atoms with Gasteiger partial charge in [-0.2, -0.15) is 12.6 Å². The van der Waals surface area contributed by atoms with Crippen LogP contribution in [0.4, 0.5) is 10.2 Å². The number of aromatic nitrogens is 1. The van der Waals surface area contributed by atoms with Gasteiger partial charge in [0.2, 0.25) is 5.91 Å². The van der Waals surface area contributed by atoms with Crippen molar-refractivity contribution in [1.29, 1.82) is 0 Å². The van der Waals surface area contributed by atoms with E-state index in [4.69, 9.17) is 0 Å². The zero-order chi connectivity index (χ0) is 11.7. The lowest BCUT2D eigenvalue weighted by Gasteiger charge is -2.15. The largest absolute Gasteiger partial charge is 0.296 e. The highest BCUT2D eigenvalue weighted by molar-refractivity contribution is 9.10. The topological polar surface area (TPSA) is 33.2 Å². The molecule has 1 fully saturated rings. The molecule has 0 saturated carbocycles. The molecule has 0 radical (unpaired) electrons. The van der Waals surface area contributed by atoms with E-state index in [1.807, 2.05) is 0 Å². The molecule has 86 valence electrons. The number of nitrogens with zero attached hydrogens (tertiary/aromatic N) is 2. The second kappa shape index (κ2) is 4.71. The second-order valence-corrected chi connectivity index (χ2v) is 4.93. The summed E-state index contributed by atoms with van der Waals surface area (Å²) in [6, 6.07) is 1.27. The summed E-state index contributed by atoms with van der Waals surface area (Å²) in [5.41, 5.74) is 0. The van der Waals surface area contributed by atoms with Gasteiger partial charge in [-0.3, -0.25) is 9.69 Å². The van der Waals surface area contributed by atoms with Crippen LogP contribution in [0.5, 0.6) is 0 Å². The number of amides is 1. The van der Waals surface area contributed by atoms with Gasteiger partial charge in [-0.25, -0.2) is 9.37 Å². The lowest BCUT2D eigenvalue weighted by molar-refractivity contribution is -0.117. The van der Waals surface area contributed by atoms with Crippen LogP contribution in [0.3, 0.4) is 0 Å². The zero-order valence-electron chi connectivity index (χ0n) is 8.36. The van der Waals surface area contributed by atoms with Gasteiger partial charge in [-0.15, -0.1) is 0 Å². The molecule has 2 heterocycles. The Labute approximate surface area is 107 Å². The molecule has 1 amide bonds. The molecule has 0 aliphatic carbocycles. The molecular weight excluding hydrogens is 295 g/mol. The minimum absolute atomic E-state index is 0.0201. The number of rotatable bonds is 2. The van der Waals surface area contributed by atoms with Crippen LogP contribution in [0.1, 0.15) is 6.42 Å². The number of carbonyl (C=O) groups is 1. The Bertz CT molecular complexity index is 429. The number of hydrogen-bond acceptors (Lipinski definition) is 3. The van der Waals surface area contributed by atoms with Crippen molar-refractivity contribution in [3.63, 3.8) is 0 Å². The maximum Gasteiger partial charge on any atom is 0.228 e. The molecule has 0 spiro atoms. The van der Waals surface area contributed by atoms with Crippen molar-refractivity contribution >= 4 is 40.3 Å². The van der Waals surface area contributed by atoms with Gasteiger partial charge in [-0.1, -0.05) is 0 Å². The van der Waals surface area contributed by atoms with Gasteiger partial charge in [0.15, 0.2) is 0 Å². The molecule has 0 aromatic carbocycles. The van der Waals surface area contributed by atoms with Crippen molar-refractivity contribution in [2.45, 2.75) is 6.42 Å². The van der Waals surface area contributed by atoms with E-state index >= 15 is 0 Å². The van der Waals surface area contributed by atoms with Gasteiger partial charge >= 0.3 is 0 Å². The summed E-state index contributed by atoms with van der Waals surface area (Å²) in [6.07, 6.45) is 1.83. The first-order chi connectivity index (χ1) is 7.61. The molecule has 16 heavy (non-hydrogen) atoms. The minimum Gasteiger partial charge on any atom is -0.296 e. The fraction of sp³-hybridized carbons (Fsp3) is 0.400. The Morgan fingerprint density at radius 3 is 3.00 bits per heavy atom. The molecule has 1 aromatic heterocycles. The summed E-state index contributed by atoms with van der Waals surface area (Å²) >= 11 is 7.19. The normalized spacial score (nSPS) is 20.6. The third kappa shape index (κ3) is 2.22. The van der Waals surface area contributed by atoms with Crippen LogP contribution in [0.2, 0.25) is 0 Å². The Hall–Kier alpha value is -0.620. The van der Waals surface area contributed by atoms with E-state index in [-0.39, 0.29) is 11.8 Å². The van der Waals surface area contributed by atoms with E-state index in [1.54, 1.807) is 0 Å². The third-order valence-corrected chi connectivity index (χ3v) is 3.63. The van der Waals surface area contributed by atoms with Crippen LogP contribution in [0.15, 0.2) is 16.7 Å². The highest BCUT2D eigenvalue weighted by Gasteiger charge is 2.30. The molecule has 1 aliphatic rings. The van der Waals surface area contributed by atoms with E-state index in [9.17, 15) is 9.18 Å². The van der Waals surface area contributed by atoms with E-state index in [0.717, 1.165) is 0 Å². The van der Waals surface area contributed by atoms with Crippen LogP contribution in [0.25, 0.3) is 0 Å². The minimum atomic E-state index is -0.410. The number of pyridine rings is 1. The quantitative estimate of drug-likeness (QED) is 0.850. The van der Waals surface area contributed by atoms with Crippen LogP contribution in [-0.2, 0) is 4.79 Å². The lowest BCUT2D eigenvalue weighted by atomic mass is 10.1. The Morgan fingerprint density at radius 2 is 2.44 bits per heavy atom. The predicted octanol–water partition coefficient (Wildman–Crippen LogP) is 2.27. The van der Waals surface area contributed by atoms with Crippen molar-refractivity contribution in [3.05, 3.63) is 22.6 Å². The third-order valence-electron chi connectivity index (χ3n) is 2.53. The fourth-order valence-corrected chi connectivity index (χ4v) is 2.14. The molecule has 1 saturated heterocycles. The number of thiol groups is 1. The summed E-state index contributed by atoms with van der Waals surface area (Å²) in [7, 11) is 0. The smallest absolute Gasteiger partial charge is 0.228 e. The molecule has 1 atom stereocenters. The van der Waals surface area contributed by atoms with Gasteiger partial charge in [-0.05, 0) is 27.6 Å². The van der Waals surface area contributed by atoms with Crippen molar-refractivity contribution in [1.82, 2.24) is 4.98 Å². The highest BCUT2D eigenvalue weighted by atomic mass is 79.9. The van der Waals surface area contributed by atoms with Crippen molar-refractivity contribution < 1.29 is 9.18 Å². The fourth-order valence-electron chi connectivity index (χ4n) is 1.68. The Morgan fingerprint density at radius 1 is 1.69 bits per heavy atom. The first-order valence-corrected chi connectivity index (χ1v) is 6.26. The van der Waals surface area contributed by atoms with Gasteiger partial charge < -0.3 is 0 Å². The number of halogens is 2. The van der Waals surface area contributed by atoms with Crippen LogP contribution >= 0.6 is 28.6 Å². The summed E-state index contributed by atoms with van der Waals surface area (Å²) in [5.74, 6) is 0.820. The molecule has 2 rings (SSSR count). The van der Waals surface area contributed by atoms with Crippen LogP contribution in [0, 0.1) is 11.7 Å². The van der Waals surface area contributed by atoms with Gasteiger partial charge in [0.05, 0.1) is 4.47 Å². The number of anilines is 1. The monoisotopic (exact) mass is 304 g/mol. The van der Waals surface area contributed by atoms with Gasteiger partial charge in [0.1, 0.15) is 11.6 Å². The van der Waals surface area contributed by atoms with Crippen molar-refractivity contribution in [2.24, 2.45) is 5.92 Å². The SMILES string of the molecule is O=C1CC(CS)CN1c1cc(F)c(Br)cn1. The summed E-state index contributed by atoms with van der Waals surface area (Å²) in [5, 5.41) is 0. The summed E-state index contributed by atoms with van der Waals surface area (Å²) in [4.78, 5) is 17.2. The molecule has 1 aromatic rings. The maximum atomic E-state index is 13.3. The van der Waals surface area contributed by atoms with E-state index in [0.29, 0.717) is 29.0 Å². The predicted molar refractivity (Wildman–Crippen MR) is 66.2 cm³/mol. The van der Waals surface area contributed by atoms with Gasteiger partial charge in [0, 0.05) is 25.2 Å². The van der Waals surface area contributed by atoms with E-state index in [2.05, 4.69) is 33.5 Å². The molecule has 0 bridgehead atoms. The summed E-state index contributed by atoms with van der Waals surface area (Å²) < 4.78 is 13.6. The van der Waals surface area contributed by atoms with E-state index in [1.165, 1.54) is 17.2 Å². The first kappa shape index (κ1) is 11.9. The molecule has 3 nitrogen and oxygen atoms in total. The lowest BCUT2D eigenvalue weighted by Crippen LogP contribution is -2.25. The average molecular weight is 305 g/mol. The molecule has 1 unspecified atom stereocenters. The van der Waals surface area contributed by atoms with Crippen molar-refractivity contribution in [3.8, 4) is 0 Å². The number of carbonyl (C=O) groups excluding carboxylic acids is 1. The maximum absolute atomic E-state index is 13.3. The Kier molecular flexibility index (Phi) is 3.49. The summed E-state index contributed by atoms with van der Waals surface area (Å²) in [6.45, 7) is 0.566. The molecular formula is C10H10BrFN2OS. The molecule has 0 N–H and O–H groups in total. The van der Waals surface area contributed by atoms with Crippen molar-refractivity contribution in [2.75, 3.05) is 17.2 Å². The van der Waals surface area contributed by atoms with Crippen LogP contribution < -0.4 is 4.90 Å². The van der Waals surface area contributed by atoms with E-state index < -0.39 is 5.82 Å². The second-order valence-electron chi connectivity index (χ2n) is 3.71. The Balaban J connectivity index is 2.24. The average Bonchev–Trinajstić information content (AvgIpc) is 2.64. The molecule has 6 heteroatoms. The number of hydrogen-bond donors (Lipinski definition) is 1. The highest BCUT2D eigenvalue weighted by Crippen LogP contribution is 2.26.